The topological polar surface area (TPSA) is 12.5 Å². The number of benzene rings is 2. The average Bonchev–Trinajstić information content (AvgIpc) is 2.71. The van der Waals surface area contributed by atoms with Crippen LogP contribution in [0.4, 0.5) is 0 Å². The lowest BCUT2D eigenvalue weighted by Gasteiger charge is -2.32. The highest BCUT2D eigenvalue weighted by Gasteiger charge is 2.21. The Labute approximate surface area is 159 Å². The van der Waals surface area contributed by atoms with Gasteiger partial charge in [-0.15, -0.1) is 0 Å². The van der Waals surface area contributed by atoms with E-state index in [9.17, 15) is 0 Å². The summed E-state index contributed by atoms with van der Waals surface area (Å²) in [5.74, 6) is 0.687. The summed E-state index contributed by atoms with van der Waals surface area (Å²) in [4.78, 5) is 2.64. The van der Waals surface area contributed by atoms with Crippen LogP contribution in [0.5, 0.6) is 0 Å². The van der Waals surface area contributed by atoms with Crippen molar-refractivity contribution in [3.8, 4) is 0 Å². The zero-order valence-corrected chi connectivity index (χ0v) is 16.1. The molecule has 1 aliphatic heterocycles. The van der Waals surface area contributed by atoms with Gasteiger partial charge in [-0.2, -0.15) is 0 Å². The summed E-state index contributed by atoms with van der Waals surface area (Å²) in [6.07, 6.45) is 6.59. The predicted molar refractivity (Wildman–Crippen MR) is 109 cm³/mol. The van der Waals surface area contributed by atoms with Gasteiger partial charge in [0.2, 0.25) is 0 Å². The molecule has 1 aliphatic rings. The third-order valence-electron chi connectivity index (χ3n) is 5.49. The molecule has 0 spiro atoms. The smallest absolute Gasteiger partial charge is 0.108 e. The van der Waals surface area contributed by atoms with Crippen molar-refractivity contribution in [2.75, 3.05) is 26.2 Å². The van der Waals surface area contributed by atoms with E-state index in [1.807, 2.05) is 0 Å². The van der Waals surface area contributed by atoms with Crippen molar-refractivity contribution in [1.29, 1.82) is 0 Å². The van der Waals surface area contributed by atoms with E-state index in [0.717, 1.165) is 6.61 Å². The molecule has 3 rings (SSSR count). The minimum atomic E-state index is 0.0417. The fraction of sp³-hybridized carbons (Fsp3) is 0.500. The van der Waals surface area contributed by atoms with Crippen LogP contribution < -0.4 is 0 Å². The number of hydrogen-bond acceptors (Lipinski definition) is 2. The molecule has 1 saturated heterocycles. The molecule has 0 aromatic heterocycles. The molecule has 0 amide bonds. The predicted octanol–water partition coefficient (Wildman–Crippen LogP) is 5.69. The normalized spacial score (nSPS) is 16.2. The molecule has 0 N–H and O–H groups in total. The van der Waals surface area contributed by atoms with Crippen LogP contribution in [0.1, 0.15) is 56.3 Å². The Morgan fingerprint density at radius 3 is 2.00 bits per heavy atom. The number of ether oxygens (including phenoxy) is 1. The summed E-state index contributed by atoms with van der Waals surface area (Å²) in [6, 6.07) is 21.2. The van der Waals surface area contributed by atoms with Gasteiger partial charge in [-0.25, -0.2) is 0 Å². The lowest BCUT2D eigenvalue weighted by molar-refractivity contribution is 0.0308. The summed E-state index contributed by atoms with van der Waals surface area (Å²) in [6.45, 7) is 6.88. The van der Waals surface area contributed by atoms with Gasteiger partial charge in [-0.3, -0.25) is 0 Å². The van der Waals surface area contributed by atoms with Gasteiger partial charge in [0.15, 0.2) is 0 Å². The van der Waals surface area contributed by atoms with E-state index < -0.39 is 0 Å². The van der Waals surface area contributed by atoms with Crippen molar-refractivity contribution < 1.29 is 4.74 Å². The molecule has 2 aromatic rings. The molecule has 0 unspecified atom stereocenters. The minimum Gasteiger partial charge on any atom is -0.368 e. The Hall–Kier alpha value is -1.64. The molecule has 2 aromatic carbocycles. The fourth-order valence-electron chi connectivity index (χ4n) is 3.83. The van der Waals surface area contributed by atoms with Crippen LogP contribution >= 0.6 is 0 Å². The standard InChI is InChI=1S/C24H33NO/c1-2-3-10-17-25-18-15-21(16-19-25)20-26-24(22-11-6-4-7-12-22)23-13-8-5-9-14-23/h4-9,11-14,21,24H,2-3,10,15-20H2,1H3. The Kier molecular flexibility index (Phi) is 7.72. The molecule has 1 heterocycles. The fourth-order valence-corrected chi connectivity index (χ4v) is 3.83. The molecule has 0 aliphatic carbocycles. The SMILES string of the molecule is CCCCCN1CCC(COC(c2ccccc2)c2ccccc2)CC1. The van der Waals surface area contributed by atoms with E-state index in [1.165, 1.54) is 62.9 Å². The highest BCUT2D eigenvalue weighted by molar-refractivity contribution is 5.29. The Balaban J connectivity index is 1.53. The number of hydrogen-bond donors (Lipinski definition) is 0. The molecule has 1 fully saturated rings. The molecule has 140 valence electrons. The maximum absolute atomic E-state index is 6.47. The van der Waals surface area contributed by atoms with Crippen LogP contribution in [0.25, 0.3) is 0 Å². The van der Waals surface area contributed by atoms with E-state index in [0.29, 0.717) is 5.92 Å². The van der Waals surface area contributed by atoms with Crippen LogP contribution in [-0.4, -0.2) is 31.1 Å². The lowest BCUT2D eigenvalue weighted by atomic mass is 9.96. The first kappa shape index (κ1) is 19.1. The number of likely N-dealkylation sites (tertiary alicyclic amines) is 1. The molecule has 2 nitrogen and oxygen atoms in total. The zero-order valence-electron chi connectivity index (χ0n) is 16.1. The molecule has 0 atom stereocenters. The van der Waals surface area contributed by atoms with Gasteiger partial charge in [0.05, 0.1) is 6.61 Å². The first-order valence-corrected chi connectivity index (χ1v) is 10.3. The number of piperidine rings is 1. The molecular weight excluding hydrogens is 318 g/mol. The van der Waals surface area contributed by atoms with E-state index in [1.54, 1.807) is 0 Å². The van der Waals surface area contributed by atoms with Gasteiger partial charge >= 0.3 is 0 Å². The molecular formula is C24H33NO. The van der Waals surface area contributed by atoms with Gasteiger partial charge in [-0.1, -0.05) is 80.4 Å². The largest absolute Gasteiger partial charge is 0.368 e. The summed E-state index contributed by atoms with van der Waals surface area (Å²) >= 11 is 0. The van der Waals surface area contributed by atoms with E-state index in [-0.39, 0.29) is 6.10 Å². The summed E-state index contributed by atoms with van der Waals surface area (Å²) in [5, 5.41) is 0. The molecule has 0 saturated carbocycles. The van der Waals surface area contributed by atoms with E-state index >= 15 is 0 Å². The van der Waals surface area contributed by atoms with Crippen LogP contribution in [0.15, 0.2) is 60.7 Å². The van der Waals surface area contributed by atoms with Gasteiger partial charge < -0.3 is 9.64 Å². The molecule has 0 bridgehead atoms. The van der Waals surface area contributed by atoms with Crippen molar-refractivity contribution in [3.63, 3.8) is 0 Å². The highest BCUT2D eigenvalue weighted by Crippen LogP contribution is 2.28. The third-order valence-corrected chi connectivity index (χ3v) is 5.49. The van der Waals surface area contributed by atoms with Crippen LogP contribution in [0.3, 0.4) is 0 Å². The maximum atomic E-state index is 6.47. The quantitative estimate of drug-likeness (QED) is 0.538. The molecule has 0 radical (unpaired) electrons. The average molecular weight is 352 g/mol. The van der Waals surface area contributed by atoms with Crippen molar-refractivity contribution in [2.24, 2.45) is 5.92 Å². The Morgan fingerprint density at radius 2 is 1.46 bits per heavy atom. The summed E-state index contributed by atoms with van der Waals surface area (Å²) in [5.41, 5.74) is 2.49. The summed E-state index contributed by atoms with van der Waals surface area (Å²) < 4.78 is 6.47. The number of rotatable bonds is 9. The van der Waals surface area contributed by atoms with Crippen LogP contribution in [0, 0.1) is 5.92 Å². The van der Waals surface area contributed by atoms with Crippen molar-refractivity contribution >= 4 is 0 Å². The number of unbranched alkanes of at least 4 members (excludes halogenated alkanes) is 2. The second-order valence-electron chi connectivity index (χ2n) is 7.53. The minimum absolute atomic E-state index is 0.0417. The van der Waals surface area contributed by atoms with Crippen LogP contribution in [0.2, 0.25) is 0 Å². The molecule has 2 heteroatoms. The van der Waals surface area contributed by atoms with E-state index in [4.69, 9.17) is 4.74 Å². The van der Waals surface area contributed by atoms with Crippen molar-refractivity contribution in [1.82, 2.24) is 4.90 Å². The van der Waals surface area contributed by atoms with Crippen molar-refractivity contribution in [2.45, 2.75) is 45.1 Å². The van der Waals surface area contributed by atoms with Gasteiger partial charge in [-0.05, 0) is 55.9 Å². The maximum Gasteiger partial charge on any atom is 0.108 e. The third kappa shape index (κ3) is 5.69. The monoisotopic (exact) mass is 351 g/mol. The van der Waals surface area contributed by atoms with Gasteiger partial charge in [0.25, 0.3) is 0 Å². The summed E-state index contributed by atoms with van der Waals surface area (Å²) in [7, 11) is 0. The van der Waals surface area contributed by atoms with Gasteiger partial charge in [0.1, 0.15) is 6.10 Å². The Bertz CT molecular complexity index is 565. The van der Waals surface area contributed by atoms with Gasteiger partial charge in [0, 0.05) is 0 Å². The van der Waals surface area contributed by atoms with Crippen LogP contribution in [-0.2, 0) is 4.74 Å². The van der Waals surface area contributed by atoms with E-state index in [2.05, 4.69) is 72.5 Å². The Morgan fingerprint density at radius 1 is 0.885 bits per heavy atom. The second-order valence-corrected chi connectivity index (χ2v) is 7.53. The first-order chi connectivity index (χ1) is 12.9. The lowest BCUT2D eigenvalue weighted by Crippen LogP contribution is -2.35. The second kappa shape index (κ2) is 10.5. The first-order valence-electron chi connectivity index (χ1n) is 10.3. The number of nitrogens with zero attached hydrogens (tertiary/aromatic N) is 1. The zero-order chi connectivity index (χ0) is 18.0. The van der Waals surface area contributed by atoms with Crippen molar-refractivity contribution in [3.05, 3.63) is 71.8 Å². The molecule has 26 heavy (non-hydrogen) atoms. The highest BCUT2D eigenvalue weighted by atomic mass is 16.5.